The molecule has 3 aromatic rings. The van der Waals surface area contributed by atoms with E-state index in [1.807, 2.05) is 26.0 Å². The van der Waals surface area contributed by atoms with Gasteiger partial charge in [0.05, 0.1) is 34.9 Å². The number of hydrogen-bond acceptors (Lipinski definition) is 5. The minimum absolute atomic E-state index is 0.0389. The molecule has 186 valence electrons. The molecule has 8 heteroatoms. The maximum absolute atomic E-state index is 13.3. The lowest BCUT2D eigenvalue weighted by molar-refractivity contribution is -0.140. The van der Waals surface area contributed by atoms with Crippen molar-refractivity contribution < 1.29 is 24.2 Å². The van der Waals surface area contributed by atoms with E-state index < -0.39 is 17.7 Å². The highest BCUT2D eigenvalue weighted by atomic mass is 35.5. The average Bonchev–Trinajstić information content (AvgIpc) is 3.10. The van der Waals surface area contributed by atoms with Gasteiger partial charge >= 0.3 is 0 Å². The van der Waals surface area contributed by atoms with Gasteiger partial charge in [-0.25, -0.2) is 0 Å². The Hall–Kier alpha value is -3.48. The molecule has 1 atom stereocenters. The normalized spacial score (nSPS) is 17.1. The molecular weight excluding hydrogens is 501 g/mol. The fourth-order valence-electron chi connectivity index (χ4n) is 4.19. The van der Waals surface area contributed by atoms with Gasteiger partial charge in [-0.2, -0.15) is 0 Å². The van der Waals surface area contributed by atoms with Crippen LogP contribution in [0.5, 0.6) is 11.5 Å². The number of Topliss-reactive ketones (excluding diaryl/α,β-unsaturated/α-hetero) is 1. The number of carbonyl (C=O) groups excluding carboxylic acids is 2. The van der Waals surface area contributed by atoms with E-state index in [1.165, 1.54) is 17.0 Å². The lowest BCUT2D eigenvalue weighted by atomic mass is 9.95. The molecule has 36 heavy (non-hydrogen) atoms. The van der Waals surface area contributed by atoms with Crippen LogP contribution >= 0.6 is 23.2 Å². The van der Waals surface area contributed by atoms with Crippen LogP contribution in [0.15, 0.2) is 72.3 Å². The van der Waals surface area contributed by atoms with Crippen LogP contribution in [0.1, 0.15) is 36.6 Å². The summed E-state index contributed by atoms with van der Waals surface area (Å²) in [5.74, 6) is -0.630. The Morgan fingerprint density at radius 1 is 0.972 bits per heavy atom. The summed E-state index contributed by atoms with van der Waals surface area (Å²) in [6, 6.07) is 18.1. The number of nitrogens with zero attached hydrogens (tertiary/aromatic N) is 1. The summed E-state index contributed by atoms with van der Waals surface area (Å²) < 4.78 is 11.2. The number of ketones is 1. The first kappa shape index (κ1) is 25.6. The van der Waals surface area contributed by atoms with Crippen molar-refractivity contribution in [3.05, 3.63) is 99.0 Å². The molecule has 6 nitrogen and oxygen atoms in total. The quantitative estimate of drug-likeness (QED) is 0.219. The molecule has 0 radical (unpaired) electrons. The smallest absolute Gasteiger partial charge is 0.295 e. The number of methoxy groups -OCH3 is 1. The standard InChI is InChI=1S/C28H25Cl2NO5/c1-16(2)36-21-9-5-7-18(13-21)25-24(26(32)19-10-11-22(29)23(30)14-19)27(33)28(34)31(25)15-17-6-4-8-20(12-17)35-3/h4-14,16,25,32H,15H2,1-3H3/b26-24-. The van der Waals surface area contributed by atoms with Crippen molar-refractivity contribution in [3.63, 3.8) is 0 Å². The second kappa shape index (κ2) is 10.6. The first-order chi connectivity index (χ1) is 17.2. The van der Waals surface area contributed by atoms with Crippen LogP contribution in [0.4, 0.5) is 0 Å². The summed E-state index contributed by atoms with van der Waals surface area (Å²) >= 11 is 12.2. The Kier molecular flexibility index (Phi) is 7.57. The first-order valence-electron chi connectivity index (χ1n) is 11.3. The minimum Gasteiger partial charge on any atom is -0.507 e. The van der Waals surface area contributed by atoms with E-state index >= 15 is 0 Å². The number of halogens is 2. The van der Waals surface area contributed by atoms with Gasteiger partial charge < -0.3 is 19.5 Å². The zero-order chi connectivity index (χ0) is 26.0. The summed E-state index contributed by atoms with van der Waals surface area (Å²) in [6.45, 7) is 3.94. The van der Waals surface area contributed by atoms with Crippen molar-refractivity contribution >= 4 is 40.7 Å². The third-order valence-corrected chi connectivity index (χ3v) is 6.50. The molecule has 1 amide bonds. The molecule has 3 aromatic carbocycles. The van der Waals surface area contributed by atoms with Crippen LogP contribution in [0.2, 0.25) is 10.0 Å². The molecule has 0 bridgehead atoms. The molecular formula is C28H25Cl2NO5. The zero-order valence-electron chi connectivity index (χ0n) is 20.0. The maximum atomic E-state index is 13.3. The summed E-state index contributed by atoms with van der Waals surface area (Å²) in [7, 11) is 1.56. The van der Waals surface area contributed by atoms with Gasteiger partial charge in [-0.1, -0.05) is 47.5 Å². The van der Waals surface area contributed by atoms with Crippen molar-refractivity contribution in [2.75, 3.05) is 7.11 Å². The number of rotatable bonds is 7. The molecule has 1 saturated heterocycles. The van der Waals surface area contributed by atoms with Crippen LogP contribution in [-0.2, 0) is 16.1 Å². The van der Waals surface area contributed by atoms with Crippen LogP contribution < -0.4 is 9.47 Å². The van der Waals surface area contributed by atoms with E-state index in [-0.39, 0.29) is 34.6 Å². The fourth-order valence-corrected chi connectivity index (χ4v) is 4.48. The zero-order valence-corrected chi connectivity index (χ0v) is 21.5. The monoisotopic (exact) mass is 525 g/mol. The number of benzene rings is 3. The van der Waals surface area contributed by atoms with Gasteiger partial charge in [-0.15, -0.1) is 0 Å². The van der Waals surface area contributed by atoms with E-state index in [0.29, 0.717) is 22.1 Å². The minimum atomic E-state index is -0.860. The molecule has 1 aliphatic rings. The first-order valence-corrected chi connectivity index (χ1v) is 12.1. The fraction of sp³-hybridized carbons (Fsp3) is 0.214. The van der Waals surface area contributed by atoms with E-state index in [2.05, 4.69) is 0 Å². The molecule has 0 saturated carbocycles. The van der Waals surface area contributed by atoms with Gasteiger partial charge in [-0.05, 0) is 67.4 Å². The van der Waals surface area contributed by atoms with Gasteiger partial charge in [0.25, 0.3) is 11.7 Å². The second-order valence-corrected chi connectivity index (χ2v) is 9.46. The van der Waals surface area contributed by atoms with Gasteiger partial charge in [0.1, 0.15) is 17.3 Å². The SMILES string of the molecule is COc1cccc(CN2C(=O)C(=O)/C(=C(\O)c3ccc(Cl)c(Cl)c3)C2c2cccc(OC(C)C)c2)c1. The molecule has 1 fully saturated rings. The third-order valence-electron chi connectivity index (χ3n) is 5.77. The van der Waals surface area contributed by atoms with Crippen molar-refractivity contribution in [1.82, 2.24) is 4.90 Å². The van der Waals surface area contributed by atoms with Gasteiger partial charge in [-0.3, -0.25) is 9.59 Å². The van der Waals surface area contributed by atoms with Crippen LogP contribution in [0, 0.1) is 0 Å². The predicted molar refractivity (Wildman–Crippen MR) is 140 cm³/mol. The lowest BCUT2D eigenvalue weighted by Gasteiger charge is -2.26. The van der Waals surface area contributed by atoms with Gasteiger partial charge in [0.15, 0.2) is 0 Å². The molecule has 1 unspecified atom stereocenters. The third kappa shape index (κ3) is 5.20. The van der Waals surface area contributed by atoms with Crippen molar-refractivity contribution in [2.45, 2.75) is 32.5 Å². The van der Waals surface area contributed by atoms with E-state index in [9.17, 15) is 14.7 Å². The summed E-state index contributed by atoms with van der Waals surface area (Å²) in [5, 5.41) is 11.8. The van der Waals surface area contributed by atoms with E-state index in [4.69, 9.17) is 32.7 Å². The highest BCUT2D eigenvalue weighted by molar-refractivity contribution is 6.46. The molecule has 0 aliphatic carbocycles. The van der Waals surface area contributed by atoms with E-state index in [0.717, 1.165) is 5.56 Å². The number of aliphatic hydroxyl groups excluding tert-OH is 1. The molecule has 4 rings (SSSR count). The van der Waals surface area contributed by atoms with E-state index in [1.54, 1.807) is 49.6 Å². The average molecular weight is 526 g/mol. The van der Waals surface area contributed by atoms with Crippen LogP contribution in [0.3, 0.4) is 0 Å². The number of likely N-dealkylation sites (tertiary alicyclic amines) is 1. The van der Waals surface area contributed by atoms with Crippen molar-refractivity contribution in [3.8, 4) is 11.5 Å². The Balaban J connectivity index is 1.87. The van der Waals surface area contributed by atoms with Crippen LogP contribution in [0.25, 0.3) is 5.76 Å². The molecule has 1 N–H and O–H groups in total. The number of carbonyl (C=O) groups is 2. The highest BCUT2D eigenvalue weighted by Gasteiger charge is 2.46. The van der Waals surface area contributed by atoms with Crippen LogP contribution in [-0.4, -0.2) is 34.9 Å². The molecule has 1 heterocycles. The Morgan fingerprint density at radius 3 is 2.39 bits per heavy atom. The summed E-state index contributed by atoms with van der Waals surface area (Å²) in [6.07, 6.45) is -0.0698. The van der Waals surface area contributed by atoms with Crippen molar-refractivity contribution in [1.29, 1.82) is 0 Å². The summed E-state index contributed by atoms with van der Waals surface area (Å²) in [4.78, 5) is 28.1. The number of aliphatic hydroxyl groups is 1. The van der Waals surface area contributed by atoms with Gasteiger partial charge in [0.2, 0.25) is 0 Å². The van der Waals surface area contributed by atoms with Gasteiger partial charge in [0, 0.05) is 12.1 Å². The maximum Gasteiger partial charge on any atom is 0.295 e. The molecule has 0 spiro atoms. The number of hydrogen-bond donors (Lipinski definition) is 1. The Morgan fingerprint density at radius 2 is 1.69 bits per heavy atom. The Bertz CT molecular complexity index is 1350. The summed E-state index contributed by atoms with van der Waals surface area (Å²) in [5.41, 5.74) is 1.63. The number of ether oxygens (including phenoxy) is 2. The predicted octanol–water partition coefficient (Wildman–Crippen LogP) is 6.41. The lowest BCUT2D eigenvalue weighted by Crippen LogP contribution is -2.29. The second-order valence-electron chi connectivity index (χ2n) is 8.65. The topological polar surface area (TPSA) is 76.1 Å². The number of amides is 1. The highest BCUT2D eigenvalue weighted by Crippen LogP contribution is 2.42. The largest absolute Gasteiger partial charge is 0.507 e. The molecule has 1 aliphatic heterocycles. The van der Waals surface area contributed by atoms with Crippen molar-refractivity contribution in [2.24, 2.45) is 0 Å². The molecule has 0 aromatic heterocycles. The Labute approximate surface area is 219 Å².